The molecule has 0 aliphatic carbocycles. The smallest absolute Gasteiger partial charge is 0.331 e. The van der Waals surface area contributed by atoms with E-state index in [1.807, 2.05) is 6.92 Å². The Hall–Kier alpha value is -1.97. The van der Waals surface area contributed by atoms with Gasteiger partial charge in [-0.15, -0.1) is 0 Å². The minimum Gasteiger partial charge on any atom is -0.508 e. The highest BCUT2D eigenvalue weighted by Crippen LogP contribution is 2.31. The average Bonchev–Trinajstić information content (AvgIpc) is 2.36. The van der Waals surface area contributed by atoms with Crippen molar-refractivity contribution in [3.05, 3.63) is 29.8 Å². The Kier molecular flexibility index (Phi) is 5.24. The SMILES string of the molecule is CCOC(=O)C=C(CC)c1ccc(O)cc1OC. The molecule has 4 heteroatoms. The number of aromatic hydroxyl groups is 1. The van der Waals surface area contributed by atoms with Crippen LogP contribution in [0.2, 0.25) is 0 Å². The second-order valence-electron chi connectivity index (χ2n) is 3.66. The van der Waals surface area contributed by atoms with Crippen LogP contribution in [-0.4, -0.2) is 24.8 Å². The van der Waals surface area contributed by atoms with Gasteiger partial charge in [0.1, 0.15) is 11.5 Å². The van der Waals surface area contributed by atoms with Crippen molar-refractivity contribution in [1.82, 2.24) is 0 Å². The first-order chi connectivity index (χ1) is 8.62. The predicted molar refractivity (Wildman–Crippen MR) is 69.6 cm³/mol. The normalized spacial score (nSPS) is 11.2. The Morgan fingerprint density at radius 2 is 2.11 bits per heavy atom. The summed E-state index contributed by atoms with van der Waals surface area (Å²) in [5.41, 5.74) is 1.59. The van der Waals surface area contributed by atoms with E-state index in [4.69, 9.17) is 9.47 Å². The van der Waals surface area contributed by atoms with Crippen LogP contribution in [0.15, 0.2) is 24.3 Å². The maximum atomic E-state index is 11.5. The van der Waals surface area contributed by atoms with Gasteiger partial charge in [-0.2, -0.15) is 0 Å². The molecule has 18 heavy (non-hydrogen) atoms. The number of carbonyl (C=O) groups is 1. The van der Waals surface area contributed by atoms with Gasteiger partial charge in [-0.3, -0.25) is 0 Å². The van der Waals surface area contributed by atoms with Crippen molar-refractivity contribution in [1.29, 1.82) is 0 Å². The number of allylic oxidation sites excluding steroid dienone is 1. The van der Waals surface area contributed by atoms with Gasteiger partial charge in [0, 0.05) is 17.7 Å². The molecule has 1 aromatic carbocycles. The number of phenols is 1. The number of rotatable bonds is 5. The zero-order valence-corrected chi connectivity index (χ0v) is 10.9. The first-order valence-corrected chi connectivity index (χ1v) is 5.87. The highest BCUT2D eigenvalue weighted by molar-refractivity contribution is 5.92. The standard InChI is InChI=1S/C14H18O4/c1-4-10(8-14(16)18-5-2)12-7-6-11(15)9-13(12)17-3/h6-9,15H,4-5H2,1-3H3. The number of phenolic OH excluding ortho intramolecular Hbond substituents is 1. The number of ether oxygens (including phenoxy) is 2. The fourth-order valence-corrected chi connectivity index (χ4v) is 1.64. The number of methoxy groups -OCH3 is 1. The van der Waals surface area contributed by atoms with Crippen LogP contribution < -0.4 is 4.74 Å². The molecule has 1 aromatic rings. The lowest BCUT2D eigenvalue weighted by molar-refractivity contribution is -0.137. The fraction of sp³-hybridized carbons (Fsp3) is 0.357. The molecule has 0 radical (unpaired) electrons. The second kappa shape index (κ2) is 6.69. The summed E-state index contributed by atoms with van der Waals surface area (Å²) in [5.74, 6) is 0.291. The maximum Gasteiger partial charge on any atom is 0.331 e. The van der Waals surface area contributed by atoms with Gasteiger partial charge < -0.3 is 14.6 Å². The van der Waals surface area contributed by atoms with Crippen LogP contribution in [0.5, 0.6) is 11.5 Å². The Balaban J connectivity index is 3.12. The van der Waals surface area contributed by atoms with E-state index in [2.05, 4.69) is 0 Å². The summed E-state index contributed by atoms with van der Waals surface area (Å²) >= 11 is 0. The van der Waals surface area contributed by atoms with Gasteiger partial charge in [0.05, 0.1) is 13.7 Å². The molecule has 1 rings (SSSR count). The Bertz CT molecular complexity index is 449. The third-order valence-electron chi connectivity index (χ3n) is 2.49. The van der Waals surface area contributed by atoms with Gasteiger partial charge in [0.2, 0.25) is 0 Å². The Morgan fingerprint density at radius 1 is 1.39 bits per heavy atom. The van der Waals surface area contributed by atoms with E-state index in [-0.39, 0.29) is 11.7 Å². The second-order valence-corrected chi connectivity index (χ2v) is 3.66. The van der Waals surface area contributed by atoms with Crippen molar-refractivity contribution in [3.63, 3.8) is 0 Å². The first-order valence-electron chi connectivity index (χ1n) is 5.87. The van der Waals surface area contributed by atoms with E-state index in [0.29, 0.717) is 18.8 Å². The summed E-state index contributed by atoms with van der Waals surface area (Å²) in [6.07, 6.45) is 2.12. The summed E-state index contributed by atoms with van der Waals surface area (Å²) in [5, 5.41) is 9.40. The molecule has 0 atom stereocenters. The Morgan fingerprint density at radius 3 is 2.67 bits per heavy atom. The highest BCUT2D eigenvalue weighted by Gasteiger charge is 2.10. The molecule has 0 aliphatic heterocycles. The van der Waals surface area contributed by atoms with Crippen molar-refractivity contribution in [2.45, 2.75) is 20.3 Å². The molecule has 0 amide bonds. The lowest BCUT2D eigenvalue weighted by Gasteiger charge is -2.11. The molecule has 0 saturated carbocycles. The van der Waals surface area contributed by atoms with Crippen LogP contribution in [-0.2, 0) is 9.53 Å². The van der Waals surface area contributed by atoms with Crippen LogP contribution in [0.3, 0.4) is 0 Å². The van der Waals surface area contributed by atoms with E-state index in [1.165, 1.54) is 19.3 Å². The molecule has 0 heterocycles. The highest BCUT2D eigenvalue weighted by atomic mass is 16.5. The molecule has 0 unspecified atom stereocenters. The number of carbonyl (C=O) groups excluding carboxylic acids is 1. The molecule has 0 spiro atoms. The summed E-state index contributed by atoms with van der Waals surface area (Å²) in [4.78, 5) is 11.5. The quantitative estimate of drug-likeness (QED) is 0.645. The van der Waals surface area contributed by atoms with Crippen LogP contribution in [0, 0.1) is 0 Å². The molecule has 0 saturated heterocycles. The number of hydrogen-bond donors (Lipinski definition) is 1. The van der Waals surface area contributed by atoms with E-state index >= 15 is 0 Å². The number of esters is 1. The van der Waals surface area contributed by atoms with Gasteiger partial charge in [-0.25, -0.2) is 4.79 Å². The molecule has 1 N–H and O–H groups in total. The van der Waals surface area contributed by atoms with E-state index in [9.17, 15) is 9.90 Å². The van der Waals surface area contributed by atoms with Gasteiger partial charge >= 0.3 is 5.97 Å². The average molecular weight is 250 g/mol. The molecular formula is C14H18O4. The summed E-state index contributed by atoms with van der Waals surface area (Å²) in [7, 11) is 1.52. The summed E-state index contributed by atoms with van der Waals surface area (Å²) in [6, 6.07) is 4.80. The van der Waals surface area contributed by atoms with Crippen molar-refractivity contribution in [2.75, 3.05) is 13.7 Å². The molecule has 0 aromatic heterocycles. The minimum absolute atomic E-state index is 0.127. The lowest BCUT2D eigenvalue weighted by Crippen LogP contribution is -2.01. The third kappa shape index (κ3) is 3.52. The summed E-state index contributed by atoms with van der Waals surface area (Å²) < 4.78 is 10.1. The zero-order chi connectivity index (χ0) is 13.5. The van der Waals surface area contributed by atoms with E-state index in [1.54, 1.807) is 19.1 Å². The van der Waals surface area contributed by atoms with Crippen LogP contribution in [0.25, 0.3) is 5.57 Å². The van der Waals surface area contributed by atoms with Gasteiger partial charge in [0.15, 0.2) is 0 Å². The molecule has 4 nitrogen and oxygen atoms in total. The van der Waals surface area contributed by atoms with Gasteiger partial charge in [-0.05, 0) is 31.1 Å². The molecular weight excluding hydrogens is 232 g/mol. The van der Waals surface area contributed by atoms with Crippen molar-refractivity contribution in [2.24, 2.45) is 0 Å². The number of hydrogen-bond acceptors (Lipinski definition) is 4. The Labute approximate surface area is 107 Å². The fourth-order valence-electron chi connectivity index (χ4n) is 1.64. The largest absolute Gasteiger partial charge is 0.508 e. The van der Waals surface area contributed by atoms with Gasteiger partial charge in [0.25, 0.3) is 0 Å². The van der Waals surface area contributed by atoms with Gasteiger partial charge in [-0.1, -0.05) is 6.92 Å². The molecule has 0 bridgehead atoms. The first kappa shape index (κ1) is 14.1. The van der Waals surface area contributed by atoms with Crippen molar-refractivity contribution in [3.8, 4) is 11.5 Å². The molecule has 98 valence electrons. The van der Waals surface area contributed by atoms with E-state index in [0.717, 1.165) is 11.1 Å². The monoisotopic (exact) mass is 250 g/mol. The van der Waals surface area contributed by atoms with Crippen molar-refractivity contribution < 1.29 is 19.4 Å². The van der Waals surface area contributed by atoms with Crippen LogP contribution in [0.4, 0.5) is 0 Å². The predicted octanol–water partition coefficient (Wildman–Crippen LogP) is 2.76. The lowest BCUT2D eigenvalue weighted by atomic mass is 10.0. The van der Waals surface area contributed by atoms with Crippen LogP contribution in [0.1, 0.15) is 25.8 Å². The van der Waals surface area contributed by atoms with E-state index < -0.39 is 0 Å². The zero-order valence-electron chi connectivity index (χ0n) is 10.9. The maximum absolute atomic E-state index is 11.5. The third-order valence-corrected chi connectivity index (χ3v) is 2.49. The number of benzene rings is 1. The minimum atomic E-state index is -0.371. The topological polar surface area (TPSA) is 55.8 Å². The van der Waals surface area contributed by atoms with Crippen molar-refractivity contribution >= 4 is 11.5 Å². The van der Waals surface area contributed by atoms with Crippen LogP contribution >= 0.6 is 0 Å². The summed E-state index contributed by atoms with van der Waals surface area (Å²) in [6.45, 7) is 4.05. The molecule has 0 aliphatic rings. The molecule has 0 fully saturated rings.